The van der Waals surface area contributed by atoms with Gasteiger partial charge >= 0.3 is 5.97 Å². The SMILES string of the molecule is CCOC(=O)[C@H](C)Sc1nnc(NC(=O)c2cccc(Cl)c2)s1. The molecule has 6 nitrogen and oxygen atoms in total. The summed E-state index contributed by atoms with van der Waals surface area (Å²) >= 11 is 8.28. The molecule has 2 rings (SSSR count). The van der Waals surface area contributed by atoms with Gasteiger partial charge < -0.3 is 4.74 Å². The molecule has 0 spiro atoms. The number of nitrogens with one attached hydrogen (secondary N) is 1. The zero-order chi connectivity index (χ0) is 16.8. The molecule has 0 saturated heterocycles. The van der Waals surface area contributed by atoms with Crippen molar-refractivity contribution in [3.05, 3.63) is 34.9 Å². The van der Waals surface area contributed by atoms with Crippen LogP contribution in [-0.2, 0) is 9.53 Å². The van der Waals surface area contributed by atoms with Crippen LogP contribution in [0.25, 0.3) is 0 Å². The summed E-state index contributed by atoms with van der Waals surface area (Å²) in [6.45, 7) is 3.82. The van der Waals surface area contributed by atoms with Crippen LogP contribution in [0.3, 0.4) is 0 Å². The average Bonchev–Trinajstić information content (AvgIpc) is 2.94. The lowest BCUT2D eigenvalue weighted by Crippen LogP contribution is -2.16. The predicted molar refractivity (Wildman–Crippen MR) is 91.3 cm³/mol. The second-order valence-corrected chi connectivity index (χ2v) is 7.35. The van der Waals surface area contributed by atoms with Gasteiger partial charge in [0.15, 0.2) is 4.34 Å². The fourth-order valence-corrected chi connectivity index (χ4v) is 3.65. The van der Waals surface area contributed by atoms with E-state index < -0.39 is 0 Å². The predicted octanol–water partition coefficient (Wildman–Crippen LogP) is 3.49. The van der Waals surface area contributed by atoms with E-state index in [9.17, 15) is 9.59 Å². The Labute approximate surface area is 146 Å². The highest BCUT2D eigenvalue weighted by Gasteiger charge is 2.18. The smallest absolute Gasteiger partial charge is 0.319 e. The van der Waals surface area contributed by atoms with Crippen LogP contribution in [0.5, 0.6) is 0 Å². The first-order chi connectivity index (χ1) is 11.0. The lowest BCUT2D eigenvalue weighted by atomic mass is 10.2. The van der Waals surface area contributed by atoms with Gasteiger partial charge in [0, 0.05) is 10.6 Å². The van der Waals surface area contributed by atoms with Crippen molar-refractivity contribution in [2.75, 3.05) is 11.9 Å². The quantitative estimate of drug-likeness (QED) is 0.475. The average molecular weight is 372 g/mol. The fraction of sp³-hybridized carbons (Fsp3) is 0.286. The second kappa shape index (κ2) is 8.28. The maximum absolute atomic E-state index is 12.1. The molecule has 0 saturated carbocycles. The van der Waals surface area contributed by atoms with E-state index in [4.69, 9.17) is 16.3 Å². The van der Waals surface area contributed by atoms with Crippen LogP contribution in [-0.4, -0.2) is 33.9 Å². The number of carbonyl (C=O) groups is 2. The number of hydrogen-bond acceptors (Lipinski definition) is 7. The Kier molecular flexibility index (Phi) is 6.37. The number of anilines is 1. The maximum Gasteiger partial charge on any atom is 0.319 e. The van der Waals surface area contributed by atoms with Crippen LogP contribution < -0.4 is 5.32 Å². The Balaban J connectivity index is 1.97. The molecule has 0 bridgehead atoms. The van der Waals surface area contributed by atoms with Gasteiger partial charge in [0.2, 0.25) is 5.13 Å². The fourth-order valence-electron chi connectivity index (χ4n) is 1.57. The molecule has 0 fully saturated rings. The number of aromatic nitrogens is 2. The number of ether oxygens (including phenoxy) is 1. The van der Waals surface area contributed by atoms with Crippen molar-refractivity contribution in [1.29, 1.82) is 0 Å². The Bertz CT molecular complexity index is 708. The van der Waals surface area contributed by atoms with Crippen LogP contribution in [0.4, 0.5) is 5.13 Å². The van der Waals surface area contributed by atoms with Gasteiger partial charge in [-0.25, -0.2) is 0 Å². The van der Waals surface area contributed by atoms with E-state index in [1.807, 2.05) is 0 Å². The normalized spacial score (nSPS) is 11.8. The summed E-state index contributed by atoms with van der Waals surface area (Å²) in [5, 5.41) is 10.9. The van der Waals surface area contributed by atoms with Gasteiger partial charge in [-0.3, -0.25) is 14.9 Å². The van der Waals surface area contributed by atoms with Crippen molar-refractivity contribution in [2.24, 2.45) is 0 Å². The molecule has 0 unspecified atom stereocenters. The van der Waals surface area contributed by atoms with Gasteiger partial charge in [-0.05, 0) is 32.0 Å². The second-order valence-electron chi connectivity index (χ2n) is 4.35. The van der Waals surface area contributed by atoms with Crippen LogP contribution >= 0.6 is 34.7 Å². The summed E-state index contributed by atoms with van der Waals surface area (Å²) in [7, 11) is 0. The molecule has 2 aromatic rings. The van der Waals surface area contributed by atoms with Gasteiger partial charge in [-0.15, -0.1) is 10.2 Å². The highest BCUT2D eigenvalue weighted by Crippen LogP contribution is 2.29. The van der Waals surface area contributed by atoms with Crippen molar-refractivity contribution >= 4 is 51.7 Å². The van der Waals surface area contributed by atoms with E-state index >= 15 is 0 Å². The molecule has 1 aromatic heterocycles. The molecule has 9 heteroatoms. The summed E-state index contributed by atoms with van der Waals surface area (Å²) in [5.41, 5.74) is 0.432. The maximum atomic E-state index is 12.1. The molecule has 1 aromatic carbocycles. The number of nitrogens with zero attached hydrogens (tertiary/aromatic N) is 2. The van der Waals surface area contributed by atoms with Crippen molar-refractivity contribution in [3.63, 3.8) is 0 Å². The molecule has 23 heavy (non-hydrogen) atoms. The van der Waals surface area contributed by atoms with Gasteiger partial charge in [-0.2, -0.15) is 0 Å². The Hall–Kier alpha value is -1.64. The Morgan fingerprint density at radius 2 is 2.22 bits per heavy atom. The molecular weight excluding hydrogens is 358 g/mol. The number of benzene rings is 1. The van der Waals surface area contributed by atoms with Crippen molar-refractivity contribution in [1.82, 2.24) is 10.2 Å². The van der Waals surface area contributed by atoms with Crippen LogP contribution in [0.15, 0.2) is 28.6 Å². The standard InChI is InChI=1S/C14H14ClN3O3S2/c1-3-21-12(20)8(2)22-14-18-17-13(23-14)16-11(19)9-5-4-6-10(15)7-9/h4-8H,3H2,1-2H3,(H,16,17,19)/t8-/m0/s1. The van der Waals surface area contributed by atoms with Gasteiger partial charge in [-0.1, -0.05) is 40.8 Å². The summed E-state index contributed by atoms with van der Waals surface area (Å²) in [4.78, 5) is 23.7. The molecule has 0 radical (unpaired) electrons. The number of thioether (sulfide) groups is 1. The van der Waals surface area contributed by atoms with E-state index in [1.165, 1.54) is 23.1 Å². The number of hydrogen-bond donors (Lipinski definition) is 1. The number of amides is 1. The monoisotopic (exact) mass is 371 g/mol. The van der Waals surface area contributed by atoms with Gasteiger partial charge in [0.25, 0.3) is 5.91 Å². The molecule has 122 valence electrons. The number of carbonyl (C=O) groups excluding carboxylic acids is 2. The van der Waals surface area contributed by atoms with E-state index in [1.54, 1.807) is 38.1 Å². The summed E-state index contributed by atoms with van der Waals surface area (Å²) in [6, 6.07) is 6.60. The van der Waals surface area contributed by atoms with Crippen LogP contribution in [0.2, 0.25) is 5.02 Å². The zero-order valence-electron chi connectivity index (χ0n) is 12.4. The van der Waals surface area contributed by atoms with Crippen molar-refractivity contribution in [3.8, 4) is 0 Å². The minimum atomic E-state index is -0.389. The molecule has 0 aliphatic rings. The third-order valence-corrected chi connectivity index (χ3v) is 4.85. The number of halogens is 1. The first kappa shape index (κ1) is 17.7. The zero-order valence-corrected chi connectivity index (χ0v) is 14.8. The molecule has 0 aliphatic heterocycles. The lowest BCUT2D eigenvalue weighted by Gasteiger charge is -2.06. The highest BCUT2D eigenvalue weighted by atomic mass is 35.5. The summed E-state index contributed by atoms with van der Waals surface area (Å²) in [6.07, 6.45) is 0. The van der Waals surface area contributed by atoms with Crippen molar-refractivity contribution in [2.45, 2.75) is 23.4 Å². The summed E-state index contributed by atoms with van der Waals surface area (Å²) in [5.74, 6) is -0.629. The Morgan fingerprint density at radius 1 is 1.43 bits per heavy atom. The van der Waals surface area contributed by atoms with E-state index in [0.29, 0.717) is 26.7 Å². The minimum absolute atomic E-state index is 0.308. The first-order valence-electron chi connectivity index (χ1n) is 6.73. The molecule has 1 amide bonds. The first-order valence-corrected chi connectivity index (χ1v) is 8.80. The van der Waals surface area contributed by atoms with Crippen LogP contribution in [0.1, 0.15) is 24.2 Å². The Morgan fingerprint density at radius 3 is 2.91 bits per heavy atom. The molecule has 0 aliphatic carbocycles. The van der Waals surface area contributed by atoms with E-state index in [0.717, 1.165) is 0 Å². The van der Waals surface area contributed by atoms with E-state index in [2.05, 4.69) is 15.5 Å². The molecule has 1 N–H and O–H groups in total. The third-order valence-electron chi connectivity index (χ3n) is 2.61. The largest absolute Gasteiger partial charge is 0.465 e. The summed E-state index contributed by atoms with van der Waals surface area (Å²) < 4.78 is 5.51. The van der Waals surface area contributed by atoms with Gasteiger partial charge in [0.05, 0.1) is 6.61 Å². The molecule has 1 atom stereocenters. The lowest BCUT2D eigenvalue weighted by molar-refractivity contribution is -0.142. The van der Waals surface area contributed by atoms with Crippen LogP contribution in [0, 0.1) is 0 Å². The molecule has 1 heterocycles. The van der Waals surface area contributed by atoms with Crippen molar-refractivity contribution < 1.29 is 14.3 Å². The number of rotatable bonds is 6. The highest BCUT2D eigenvalue weighted by molar-refractivity contribution is 8.02. The third kappa shape index (κ3) is 5.19. The topological polar surface area (TPSA) is 81.2 Å². The van der Waals surface area contributed by atoms with Gasteiger partial charge in [0.1, 0.15) is 5.25 Å². The molecular formula is C14H14ClN3O3S2. The van der Waals surface area contributed by atoms with E-state index in [-0.39, 0.29) is 17.1 Å². The minimum Gasteiger partial charge on any atom is -0.465 e. The number of esters is 1.